The highest BCUT2D eigenvalue weighted by atomic mass is 16.5. The molecule has 0 bridgehead atoms. The summed E-state index contributed by atoms with van der Waals surface area (Å²) in [5.41, 5.74) is 5.20. The molecular weight excluding hydrogens is 198 g/mol. The predicted octanol–water partition coefficient (Wildman–Crippen LogP) is -1.65. The van der Waals surface area contributed by atoms with Gasteiger partial charge in [-0.25, -0.2) is 0 Å². The first-order valence-electron chi connectivity index (χ1n) is 5.05. The Balaban J connectivity index is 2.31. The van der Waals surface area contributed by atoms with Gasteiger partial charge in [0.25, 0.3) is 0 Å². The number of hydrogen-bond acceptors (Lipinski definition) is 4. The number of carbonyl (C=O) groups excluding carboxylic acids is 2. The lowest BCUT2D eigenvalue weighted by Crippen LogP contribution is -2.47. The Morgan fingerprint density at radius 2 is 2.20 bits per heavy atom. The summed E-state index contributed by atoms with van der Waals surface area (Å²) in [6.45, 7) is 3.12. The zero-order valence-corrected chi connectivity index (χ0v) is 8.79. The third-order valence-electron chi connectivity index (χ3n) is 2.33. The van der Waals surface area contributed by atoms with E-state index >= 15 is 0 Å². The molecular formula is C9H17N3O3. The standard InChI is InChI=1S/C9H17N3O3/c1-6-7(2-5-15-6)12-9(14)8(13)11-4-3-10/h6-7H,2-5,10H2,1H3,(H,11,13)(H,12,14). The SMILES string of the molecule is CC1OCCC1NC(=O)C(=O)NCCN. The topological polar surface area (TPSA) is 93.4 Å². The summed E-state index contributed by atoms with van der Waals surface area (Å²) in [6.07, 6.45) is 0.716. The molecule has 0 aromatic carbocycles. The minimum Gasteiger partial charge on any atom is -0.376 e. The molecule has 1 rings (SSSR count). The van der Waals surface area contributed by atoms with Crippen LogP contribution in [0.2, 0.25) is 0 Å². The molecule has 0 saturated carbocycles. The van der Waals surface area contributed by atoms with Gasteiger partial charge in [0.05, 0.1) is 12.1 Å². The first-order valence-corrected chi connectivity index (χ1v) is 5.05. The van der Waals surface area contributed by atoms with Crippen molar-refractivity contribution in [2.45, 2.75) is 25.5 Å². The molecule has 1 fully saturated rings. The van der Waals surface area contributed by atoms with Gasteiger partial charge in [0.2, 0.25) is 0 Å². The Hall–Kier alpha value is -1.14. The van der Waals surface area contributed by atoms with Gasteiger partial charge in [-0.05, 0) is 13.3 Å². The lowest BCUT2D eigenvalue weighted by atomic mass is 10.1. The highest BCUT2D eigenvalue weighted by Crippen LogP contribution is 2.11. The van der Waals surface area contributed by atoms with Crippen LogP contribution >= 0.6 is 0 Å². The molecule has 6 nitrogen and oxygen atoms in total. The van der Waals surface area contributed by atoms with Gasteiger partial charge in [-0.15, -0.1) is 0 Å². The van der Waals surface area contributed by atoms with Crippen molar-refractivity contribution in [1.29, 1.82) is 0 Å². The second kappa shape index (κ2) is 5.67. The van der Waals surface area contributed by atoms with E-state index < -0.39 is 11.8 Å². The molecule has 0 aliphatic carbocycles. The predicted molar refractivity (Wildman–Crippen MR) is 54.0 cm³/mol. The van der Waals surface area contributed by atoms with Gasteiger partial charge in [0, 0.05) is 19.7 Å². The van der Waals surface area contributed by atoms with Crippen molar-refractivity contribution in [3.8, 4) is 0 Å². The summed E-state index contributed by atoms with van der Waals surface area (Å²) >= 11 is 0. The molecule has 15 heavy (non-hydrogen) atoms. The van der Waals surface area contributed by atoms with E-state index in [0.29, 0.717) is 19.7 Å². The number of amides is 2. The van der Waals surface area contributed by atoms with Gasteiger partial charge in [0.1, 0.15) is 0 Å². The van der Waals surface area contributed by atoms with E-state index in [1.54, 1.807) is 0 Å². The van der Waals surface area contributed by atoms with Gasteiger partial charge in [-0.2, -0.15) is 0 Å². The highest BCUT2D eigenvalue weighted by molar-refractivity contribution is 6.35. The summed E-state index contributed by atoms with van der Waals surface area (Å²) in [5, 5.41) is 5.02. The maximum Gasteiger partial charge on any atom is 0.309 e. The van der Waals surface area contributed by atoms with Crippen LogP contribution in [0.15, 0.2) is 0 Å². The highest BCUT2D eigenvalue weighted by Gasteiger charge is 2.27. The number of ether oxygens (including phenoxy) is 1. The van der Waals surface area contributed by atoms with Gasteiger partial charge < -0.3 is 21.1 Å². The molecule has 1 aliphatic rings. The van der Waals surface area contributed by atoms with Crippen LogP contribution in [0.3, 0.4) is 0 Å². The molecule has 4 N–H and O–H groups in total. The molecule has 0 aromatic rings. The summed E-state index contributed by atoms with van der Waals surface area (Å²) in [7, 11) is 0. The third-order valence-corrected chi connectivity index (χ3v) is 2.33. The molecule has 86 valence electrons. The Morgan fingerprint density at radius 3 is 2.73 bits per heavy atom. The third kappa shape index (κ3) is 3.49. The van der Waals surface area contributed by atoms with Crippen LogP contribution in [0.1, 0.15) is 13.3 Å². The van der Waals surface area contributed by atoms with Crippen molar-refractivity contribution in [3.63, 3.8) is 0 Å². The van der Waals surface area contributed by atoms with E-state index in [-0.39, 0.29) is 12.1 Å². The van der Waals surface area contributed by atoms with Crippen LogP contribution in [-0.2, 0) is 14.3 Å². The van der Waals surface area contributed by atoms with Crippen LogP contribution in [0, 0.1) is 0 Å². The van der Waals surface area contributed by atoms with Gasteiger partial charge in [-0.3, -0.25) is 9.59 Å². The van der Waals surface area contributed by atoms with E-state index in [1.165, 1.54) is 0 Å². The summed E-state index contributed by atoms with van der Waals surface area (Å²) < 4.78 is 5.26. The average molecular weight is 215 g/mol. The Bertz CT molecular complexity index is 245. The number of hydrogen-bond donors (Lipinski definition) is 3. The maximum atomic E-state index is 11.3. The largest absolute Gasteiger partial charge is 0.376 e. The molecule has 0 spiro atoms. The zero-order valence-electron chi connectivity index (χ0n) is 8.79. The van der Waals surface area contributed by atoms with Gasteiger partial charge >= 0.3 is 11.8 Å². The summed E-state index contributed by atoms with van der Waals surface area (Å²) in [6, 6.07) is -0.0684. The van der Waals surface area contributed by atoms with E-state index in [2.05, 4.69) is 10.6 Å². The van der Waals surface area contributed by atoms with Crippen LogP contribution in [0.25, 0.3) is 0 Å². The van der Waals surface area contributed by atoms with Gasteiger partial charge in [-0.1, -0.05) is 0 Å². The van der Waals surface area contributed by atoms with Crippen molar-refractivity contribution >= 4 is 11.8 Å². The smallest absolute Gasteiger partial charge is 0.309 e. The Morgan fingerprint density at radius 1 is 1.47 bits per heavy atom. The average Bonchev–Trinajstić information content (AvgIpc) is 2.61. The first-order chi connectivity index (χ1) is 7.15. The maximum absolute atomic E-state index is 11.3. The van der Waals surface area contributed by atoms with Crippen molar-refractivity contribution in [3.05, 3.63) is 0 Å². The van der Waals surface area contributed by atoms with Crippen molar-refractivity contribution in [2.75, 3.05) is 19.7 Å². The van der Waals surface area contributed by atoms with E-state index in [0.717, 1.165) is 6.42 Å². The molecule has 1 saturated heterocycles. The Kier molecular flexibility index (Phi) is 4.51. The summed E-state index contributed by atoms with van der Waals surface area (Å²) in [5.74, 6) is -1.26. The number of nitrogens with one attached hydrogen (secondary N) is 2. The Labute approximate surface area is 88.5 Å². The lowest BCUT2D eigenvalue weighted by molar-refractivity contribution is -0.139. The quantitative estimate of drug-likeness (QED) is 0.492. The number of nitrogens with two attached hydrogens (primary N) is 1. The fourth-order valence-corrected chi connectivity index (χ4v) is 1.42. The van der Waals surface area contributed by atoms with Crippen LogP contribution in [-0.4, -0.2) is 43.7 Å². The van der Waals surface area contributed by atoms with Crippen molar-refractivity contribution in [1.82, 2.24) is 10.6 Å². The number of rotatable bonds is 3. The summed E-state index contributed by atoms with van der Waals surface area (Å²) in [4.78, 5) is 22.5. The molecule has 2 atom stereocenters. The fourth-order valence-electron chi connectivity index (χ4n) is 1.42. The van der Waals surface area contributed by atoms with E-state index in [9.17, 15) is 9.59 Å². The van der Waals surface area contributed by atoms with E-state index in [1.807, 2.05) is 6.92 Å². The van der Waals surface area contributed by atoms with Gasteiger partial charge in [0.15, 0.2) is 0 Å². The second-order valence-corrected chi connectivity index (χ2v) is 3.49. The minimum absolute atomic E-state index is 0.0312. The molecule has 0 radical (unpaired) electrons. The molecule has 6 heteroatoms. The molecule has 2 unspecified atom stereocenters. The van der Waals surface area contributed by atoms with Crippen molar-refractivity contribution in [2.24, 2.45) is 5.73 Å². The molecule has 1 heterocycles. The zero-order chi connectivity index (χ0) is 11.3. The van der Waals surface area contributed by atoms with E-state index in [4.69, 9.17) is 10.5 Å². The normalized spacial score (nSPS) is 24.9. The fraction of sp³-hybridized carbons (Fsp3) is 0.778. The first kappa shape index (κ1) is 11.9. The molecule has 0 aromatic heterocycles. The monoisotopic (exact) mass is 215 g/mol. The lowest BCUT2D eigenvalue weighted by Gasteiger charge is -2.15. The number of carbonyl (C=O) groups is 2. The van der Waals surface area contributed by atoms with Crippen LogP contribution in [0.4, 0.5) is 0 Å². The van der Waals surface area contributed by atoms with Crippen LogP contribution < -0.4 is 16.4 Å². The second-order valence-electron chi connectivity index (χ2n) is 3.49. The molecule has 2 amide bonds. The van der Waals surface area contributed by atoms with Crippen molar-refractivity contribution < 1.29 is 14.3 Å². The van der Waals surface area contributed by atoms with Crippen LogP contribution in [0.5, 0.6) is 0 Å². The molecule has 1 aliphatic heterocycles. The minimum atomic E-state index is -0.639.